The molecule has 0 unspecified atom stereocenters. The van der Waals surface area contributed by atoms with E-state index in [-0.39, 0.29) is 12.4 Å². The second-order valence-corrected chi connectivity index (χ2v) is 5.35. The predicted molar refractivity (Wildman–Crippen MR) is 90.5 cm³/mol. The lowest BCUT2D eigenvalue weighted by atomic mass is 10.0. The highest BCUT2D eigenvalue weighted by Gasteiger charge is 2.14. The van der Waals surface area contributed by atoms with Crippen molar-refractivity contribution in [2.24, 2.45) is 0 Å². The number of hydrogen-bond donors (Lipinski definition) is 1. The first-order valence-electron chi connectivity index (χ1n) is 7.36. The van der Waals surface area contributed by atoms with Gasteiger partial charge in [0.2, 0.25) is 0 Å². The summed E-state index contributed by atoms with van der Waals surface area (Å²) in [5, 5.41) is 6.05. The molecule has 4 heteroatoms. The number of benzene rings is 2. The summed E-state index contributed by atoms with van der Waals surface area (Å²) in [5.41, 5.74) is 1.31. The molecule has 1 saturated heterocycles. The van der Waals surface area contributed by atoms with Crippen LogP contribution in [0.2, 0.25) is 0 Å². The molecule has 3 nitrogen and oxygen atoms in total. The van der Waals surface area contributed by atoms with Crippen LogP contribution in [0.1, 0.15) is 12.0 Å². The number of nitrogens with zero attached hydrogens (tertiary/aromatic N) is 1. The van der Waals surface area contributed by atoms with Crippen LogP contribution in [-0.2, 0) is 6.54 Å². The minimum Gasteiger partial charge on any atom is -0.496 e. The fourth-order valence-electron chi connectivity index (χ4n) is 2.95. The molecule has 0 aromatic heterocycles. The van der Waals surface area contributed by atoms with Crippen LogP contribution in [0.25, 0.3) is 10.8 Å². The molecule has 0 bridgehead atoms. The minimum absolute atomic E-state index is 0. The molecule has 1 aliphatic heterocycles. The van der Waals surface area contributed by atoms with Crippen molar-refractivity contribution < 1.29 is 4.74 Å². The van der Waals surface area contributed by atoms with Crippen LogP contribution in [0.15, 0.2) is 36.4 Å². The number of methoxy groups -OCH3 is 1. The zero-order chi connectivity index (χ0) is 13.8. The molecule has 21 heavy (non-hydrogen) atoms. The molecular formula is C17H23ClN2O. The number of hydrogen-bond acceptors (Lipinski definition) is 3. The van der Waals surface area contributed by atoms with Crippen molar-refractivity contribution in [3.63, 3.8) is 0 Å². The van der Waals surface area contributed by atoms with Gasteiger partial charge in [-0.1, -0.05) is 30.3 Å². The van der Waals surface area contributed by atoms with Gasteiger partial charge in [0, 0.05) is 25.2 Å². The van der Waals surface area contributed by atoms with E-state index in [0.29, 0.717) is 0 Å². The molecule has 1 N–H and O–H groups in total. The van der Waals surface area contributed by atoms with Gasteiger partial charge in [0.05, 0.1) is 7.11 Å². The normalized spacial score (nSPS) is 16.2. The van der Waals surface area contributed by atoms with Crippen molar-refractivity contribution in [1.29, 1.82) is 0 Å². The van der Waals surface area contributed by atoms with Gasteiger partial charge in [-0.25, -0.2) is 0 Å². The van der Waals surface area contributed by atoms with E-state index in [0.717, 1.165) is 38.5 Å². The monoisotopic (exact) mass is 306 g/mol. The maximum absolute atomic E-state index is 5.58. The van der Waals surface area contributed by atoms with Gasteiger partial charge in [0.15, 0.2) is 0 Å². The van der Waals surface area contributed by atoms with Crippen molar-refractivity contribution in [3.05, 3.63) is 42.0 Å². The molecule has 0 spiro atoms. The van der Waals surface area contributed by atoms with Gasteiger partial charge in [0.1, 0.15) is 5.75 Å². The number of ether oxygens (including phenoxy) is 1. The first-order valence-corrected chi connectivity index (χ1v) is 7.36. The van der Waals surface area contributed by atoms with Gasteiger partial charge in [-0.2, -0.15) is 0 Å². The van der Waals surface area contributed by atoms with Gasteiger partial charge >= 0.3 is 0 Å². The highest BCUT2D eigenvalue weighted by atomic mass is 35.5. The van der Waals surface area contributed by atoms with E-state index in [1.54, 1.807) is 7.11 Å². The summed E-state index contributed by atoms with van der Waals surface area (Å²) in [5.74, 6) is 1.00. The summed E-state index contributed by atoms with van der Waals surface area (Å²) < 4.78 is 5.58. The largest absolute Gasteiger partial charge is 0.496 e. The third kappa shape index (κ3) is 3.67. The molecule has 0 saturated carbocycles. The fraction of sp³-hybridized carbons (Fsp3) is 0.412. The average Bonchev–Trinajstić information content (AvgIpc) is 2.76. The molecule has 1 fully saturated rings. The van der Waals surface area contributed by atoms with Crippen LogP contribution in [0.3, 0.4) is 0 Å². The molecule has 1 aliphatic rings. The second-order valence-electron chi connectivity index (χ2n) is 5.35. The zero-order valence-corrected chi connectivity index (χ0v) is 13.3. The Bertz CT molecular complexity index is 580. The lowest BCUT2D eigenvalue weighted by Gasteiger charge is -2.22. The Morgan fingerprint density at radius 1 is 1.10 bits per heavy atom. The van der Waals surface area contributed by atoms with E-state index in [1.165, 1.54) is 22.8 Å². The third-order valence-electron chi connectivity index (χ3n) is 4.03. The number of nitrogens with one attached hydrogen (secondary N) is 1. The van der Waals surface area contributed by atoms with E-state index in [1.807, 2.05) is 0 Å². The predicted octanol–water partition coefficient (Wildman–Crippen LogP) is 3.07. The van der Waals surface area contributed by atoms with Crippen molar-refractivity contribution in [1.82, 2.24) is 10.2 Å². The molecule has 0 radical (unpaired) electrons. The highest BCUT2D eigenvalue weighted by molar-refractivity contribution is 5.87. The standard InChI is InChI=1S/C17H22N2O.ClH/c1-20-17-8-7-14-5-2-3-6-15(14)16(17)13-19-11-4-9-18-10-12-19;/h2-3,5-8,18H,4,9-13H2,1H3;1H. The minimum atomic E-state index is 0. The molecule has 0 amide bonds. The lowest BCUT2D eigenvalue weighted by Crippen LogP contribution is -2.27. The third-order valence-corrected chi connectivity index (χ3v) is 4.03. The average molecular weight is 307 g/mol. The van der Waals surface area contributed by atoms with Crippen molar-refractivity contribution in [2.45, 2.75) is 13.0 Å². The van der Waals surface area contributed by atoms with Crippen molar-refractivity contribution in [3.8, 4) is 5.75 Å². The highest BCUT2D eigenvalue weighted by Crippen LogP contribution is 2.29. The van der Waals surface area contributed by atoms with Crippen LogP contribution in [0.5, 0.6) is 5.75 Å². The Morgan fingerprint density at radius 2 is 1.95 bits per heavy atom. The Kier molecular flexibility index (Phi) is 5.85. The van der Waals surface area contributed by atoms with Crippen molar-refractivity contribution in [2.75, 3.05) is 33.3 Å². The Morgan fingerprint density at radius 3 is 2.81 bits per heavy atom. The fourth-order valence-corrected chi connectivity index (χ4v) is 2.95. The van der Waals surface area contributed by atoms with Crippen LogP contribution in [-0.4, -0.2) is 38.2 Å². The van der Waals surface area contributed by atoms with E-state index in [9.17, 15) is 0 Å². The van der Waals surface area contributed by atoms with E-state index < -0.39 is 0 Å². The van der Waals surface area contributed by atoms with Crippen molar-refractivity contribution >= 4 is 23.2 Å². The van der Waals surface area contributed by atoms with Crippen LogP contribution in [0, 0.1) is 0 Å². The molecule has 0 atom stereocenters. The summed E-state index contributed by atoms with van der Waals surface area (Å²) in [7, 11) is 1.76. The lowest BCUT2D eigenvalue weighted by molar-refractivity contribution is 0.280. The Hall–Kier alpha value is -1.29. The van der Waals surface area contributed by atoms with E-state index >= 15 is 0 Å². The molecule has 2 aromatic rings. The summed E-state index contributed by atoms with van der Waals surface area (Å²) in [4.78, 5) is 2.52. The maximum Gasteiger partial charge on any atom is 0.123 e. The quantitative estimate of drug-likeness (QED) is 0.943. The van der Waals surface area contributed by atoms with Gasteiger partial charge in [0.25, 0.3) is 0 Å². The molecular weight excluding hydrogens is 284 g/mol. The van der Waals surface area contributed by atoms with Crippen LogP contribution >= 0.6 is 12.4 Å². The second kappa shape index (κ2) is 7.64. The van der Waals surface area contributed by atoms with Gasteiger partial charge in [-0.15, -0.1) is 12.4 Å². The molecule has 1 heterocycles. The molecule has 3 rings (SSSR count). The number of halogens is 1. The van der Waals surface area contributed by atoms with Crippen LogP contribution < -0.4 is 10.1 Å². The zero-order valence-electron chi connectivity index (χ0n) is 12.5. The topological polar surface area (TPSA) is 24.5 Å². The first kappa shape index (κ1) is 16.1. The molecule has 0 aliphatic carbocycles. The SMILES string of the molecule is COc1ccc2ccccc2c1CN1CCCNCC1.Cl. The maximum atomic E-state index is 5.58. The molecule has 114 valence electrons. The smallest absolute Gasteiger partial charge is 0.123 e. The summed E-state index contributed by atoms with van der Waals surface area (Å²) in [6.45, 7) is 5.42. The van der Waals surface area contributed by atoms with E-state index in [2.05, 4.69) is 46.6 Å². The van der Waals surface area contributed by atoms with Gasteiger partial charge < -0.3 is 10.1 Å². The number of fused-ring (bicyclic) bond motifs is 1. The first-order chi connectivity index (χ1) is 9.88. The number of rotatable bonds is 3. The summed E-state index contributed by atoms with van der Waals surface area (Å²) in [6.07, 6.45) is 1.22. The Labute approximate surface area is 132 Å². The Balaban J connectivity index is 0.00000161. The molecule has 2 aromatic carbocycles. The summed E-state index contributed by atoms with van der Waals surface area (Å²) in [6, 6.07) is 12.8. The summed E-state index contributed by atoms with van der Waals surface area (Å²) >= 11 is 0. The van der Waals surface area contributed by atoms with Gasteiger partial charge in [-0.05, 0) is 36.3 Å². The van der Waals surface area contributed by atoms with Gasteiger partial charge in [-0.3, -0.25) is 4.90 Å². The van der Waals surface area contributed by atoms with E-state index in [4.69, 9.17) is 4.74 Å². The van der Waals surface area contributed by atoms with Crippen LogP contribution in [0.4, 0.5) is 0 Å².